The molecule has 0 aliphatic heterocycles. The van der Waals surface area contributed by atoms with Crippen LogP contribution in [0.4, 0.5) is 4.39 Å². The first-order valence-electron chi connectivity index (χ1n) is 7.00. The Labute approximate surface area is 114 Å². The highest BCUT2D eigenvalue weighted by atomic mass is 19.1. The van der Waals surface area contributed by atoms with E-state index in [4.69, 9.17) is 4.74 Å². The molecule has 0 heterocycles. The van der Waals surface area contributed by atoms with E-state index in [9.17, 15) is 9.50 Å². The van der Waals surface area contributed by atoms with Crippen LogP contribution in [0.25, 0.3) is 0 Å². The normalized spacial score (nSPS) is 12.4. The van der Waals surface area contributed by atoms with E-state index >= 15 is 0 Å². The minimum Gasteiger partial charge on any atom is -0.488 e. The molecular formula is C15H24FNO2. The van der Waals surface area contributed by atoms with Gasteiger partial charge in [0.15, 0.2) is 11.6 Å². The van der Waals surface area contributed by atoms with E-state index in [-0.39, 0.29) is 12.4 Å². The van der Waals surface area contributed by atoms with Crippen LogP contribution in [0.2, 0.25) is 0 Å². The Hall–Kier alpha value is -1.13. The minimum atomic E-state index is -0.620. The number of benzene rings is 1. The molecule has 0 fully saturated rings. The third-order valence-corrected chi connectivity index (χ3v) is 2.85. The molecule has 1 aromatic rings. The SMILES string of the molecule is CCCCCCNC[C@@H](O)COc1ccccc1F. The van der Waals surface area contributed by atoms with Crippen LogP contribution in [-0.2, 0) is 0 Å². The highest BCUT2D eigenvalue weighted by Gasteiger charge is 2.07. The fourth-order valence-corrected chi connectivity index (χ4v) is 1.75. The number of para-hydroxylation sites is 1. The van der Waals surface area contributed by atoms with Crippen molar-refractivity contribution >= 4 is 0 Å². The van der Waals surface area contributed by atoms with Crippen LogP contribution in [0.5, 0.6) is 5.75 Å². The first kappa shape index (κ1) is 15.9. The predicted molar refractivity (Wildman–Crippen MR) is 74.9 cm³/mol. The van der Waals surface area contributed by atoms with Gasteiger partial charge in [-0.15, -0.1) is 0 Å². The molecule has 0 aromatic heterocycles. The molecule has 0 aliphatic rings. The number of unbranched alkanes of at least 4 members (excludes halogenated alkanes) is 3. The maximum Gasteiger partial charge on any atom is 0.165 e. The summed E-state index contributed by atoms with van der Waals surface area (Å²) in [6.07, 6.45) is 4.19. The van der Waals surface area contributed by atoms with Gasteiger partial charge in [-0.25, -0.2) is 4.39 Å². The maximum absolute atomic E-state index is 13.2. The van der Waals surface area contributed by atoms with Crippen molar-refractivity contribution in [2.45, 2.75) is 38.7 Å². The van der Waals surface area contributed by atoms with Crippen LogP contribution >= 0.6 is 0 Å². The van der Waals surface area contributed by atoms with E-state index in [0.717, 1.165) is 13.0 Å². The summed E-state index contributed by atoms with van der Waals surface area (Å²) in [6.45, 7) is 3.65. The molecule has 1 aromatic carbocycles. The number of ether oxygens (including phenoxy) is 1. The van der Waals surface area contributed by atoms with Gasteiger partial charge >= 0.3 is 0 Å². The molecule has 0 bridgehead atoms. The summed E-state index contributed by atoms with van der Waals surface area (Å²) in [4.78, 5) is 0. The second-order valence-corrected chi connectivity index (χ2v) is 4.66. The largest absolute Gasteiger partial charge is 0.488 e. The zero-order valence-corrected chi connectivity index (χ0v) is 11.6. The number of hydrogen-bond donors (Lipinski definition) is 2. The van der Waals surface area contributed by atoms with E-state index < -0.39 is 11.9 Å². The van der Waals surface area contributed by atoms with Gasteiger partial charge in [0.05, 0.1) is 0 Å². The average Bonchev–Trinajstić information content (AvgIpc) is 2.42. The molecule has 4 heteroatoms. The van der Waals surface area contributed by atoms with Crippen LogP contribution in [0, 0.1) is 5.82 Å². The molecule has 0 unspecified atom stereocenters. The number of nitrogens with one attached hydrogen (secondary N) is 1. The predicted octanol–water partition coefficient (Wildman–Crippen LogP) is 2.74. The summed E-state index contributed by atoms with van der Waals surface area (Å²) in [5.74, 6) is -0.216. The molecule has 1 atom stereocenters. The molecule has 2 N–H and O–H groups in total. The lowest BCUT2D eigenvalue weighted by atomic mass is 10.2. The van der Waals surface area contributed by atoms with Crippen molar-refractivity contribution in [2.75, 3.05) is 19.7 Å². The third kappa shape index (κ3) is 7.13. The molecule has 0 saturated carbocycles. The van der Waals surface area contributed by atoms with Gasteiger partial charge in [-0.3, -0.25) is 0 Å². The van der Waals surface area contributed by atoms with Crippen LogP contribution in [0.3, 0.4) is 0 Å². The molecule has 0 aliphatic carbocycles. The fraction of sp³-hybridized carbons (Fsp3) is 0.600. The smallest absolute Gasteiger partial charge is 0.165 e. The van der Waals surface area contributed by atoms with Gasteiger partial charge in [-0.1, -0.05) is 38.3 Å². The Balaban J connectivity index is 2.08. The first-order valence-corrected chi connectivity index (χ1v) is 7.00. The van der Waals surface area contributed by atoms with E-state index in [1.54, 1.807) is 18.2 Å². The van der Waals surface area contributed by atoms with E-state index in [1.165, 1.54) is 25.3 Å². The maximum atomic E-state index is 13.2. The summed E-state index contributed by atoms with van der Waals surface area (Å²) < 4.78 is 18.5. The Morgan fingerprint density at radius 1 is 1.26 bits per heavy atom. The standard InChI is InChI=1S/C15H24FNO2/c1-2-3-4-7-10-17-11-13(18)12-19-15-9-6-5-8-14(15)16/h5-6,8-9,13,17-18H,2-4,7,10-12H2,1H3/t13-/m1/s1. The molecule has 0 radical (unpaired) electrons. The number of aliphatic hydroxyl groups excluding tert-OH is 1. The monoisotopic (exact) mass is 269 g/mol. The number of rotatable bonds is 10. The zero-order chi connectivity index (χ0) is 13.9. The lowest BCUT2D eigenvalue weighted by molar-refractivity contribution is 0.104. The Morgan fingerprint density at radius 3 is 2.79 bits per heavy atom. The molecule has 0 saturated heterocycles. The van der Waals surface area contributed by atoms with Crippen LogP contribution < -0.4 is 10.1 Å². The summed E-state index contributed by atoms with van der Waals surface area (Å²) in [5, 5.41) is 12.9. The number of aliphatic hydroxyl groups is 1. The molecule has 0 spiro atoms. The van der Waals surface area contributed by atoms with Gasteiger partial charge in [0.2, 0.25) is 0 Å². The molecule has 0 amide bonds. The third-order valence-electron chi connectivity index (χ3n) is 2.85. The molecule has 3 nitrogen and oxygen atoms in total. The highest BCUT2D eigenvalue weighted by Crippen LogP contribution is 2.15. The van der Waals surface area contributed by atoms with E-state index in [0.29, 0.717) is 6.54 Å². The van der Waals surface area contributed by atoms with Crippen LogP contribution in [0.1, 0.15) is 32.6 Å². The summed E-state index contributed by atoms with van der Waals surface area (Å²) >= 11 is 0. The van der Waals surface area contributed by atoms with Crippen molar-refractivity contribution in [3.63, 3.8) is 0 Å². The second kappa shape index (κ2) is 9.75. The lowest BCUT2D eigenvalue weighted by Gasteiger charge is -2.13. The van der Waals surface area contributed by atoms with E-state index in [1.807, 2.05) is 0 Å². The average molecular weight is 269 g/mol. The lowest BCUT2D eigenvalue weighted by Crippen LogP contribution is -2.32. The summed E-state index contributed by atoms with van der Waals surface area (Å²) in [6, 6.07) is 6.21. The van der Waals surface area contributed by atoms with Crippen LogP contribution in [-0.4, -0.2) is 30.9 Å². The molecular weight excluding hydrogens is 245 g/mol. The van der Waals surface area contributed by atoms with E-state index in [2.05, 4.69) is 12.2 Å². The van der Waals surface area contributed by atoms with Gasteiger partial charge in [-0.05, 0) is 25.1 Å². The van der Waals surface area contributed by atoms with Crippen molar-refractivity contribution in [1.29, 1.82) is 0 Å². The summed E-state index contributed by atoms with van der Waals surface area (Å²) in [5.41, 5.74) is 0. The molecule has 1 rings (SSSR count). The topological polar surface area (TPSA) is 41.5 Å². The van der Waals surface area contributed by atoms with Crippen molar-refractivity contribution in [3.8, 4) is 5.75 Å². The van der Waals surface area contributed by atoms with Crippen molar-refractivity contribution < 1.29 is 14.2 Å². The van der Waals surface area contributed by atoms with Gasteiger partial charge in [0.25, 0.3) is 0 Å². The van der Waals surface area contributed by atoms with Gasteiger partial charge < -0.3 is 15.2 Å². The fourth-order valence-electron chi connectivity index (χ4n) is 1.75. The number of halogens is 1. The quantitative estimate of drug-likeness (QED) is 0.642. The minimum absolute atomic E-state index is 0.100. The molecule has 108 valence electrons. The van der Waals surface area contributed by atoms with Crippen molar-refractivity contribution in [2.24, 2.45) is 0 Å². The van der Waals surface area contributed by atoms with Crippen molar-refractivity contribution in [3.05, 3.63) is 30.1 Å². The summed E-state index contributed by atoms with van der Waals surface area (Å²) in [7, 11) is 0. The Morgan fingerprint density at radius 2 is 2.05 bits per heavy atom. The van der Waals surface area contributed by atoms with Gasteiger partial charge in [0.1, 0.15) is 12.7 Å². The zero-order valence-electron chi connectivity index (χ0n) is 11.6. The Bertz CT molecular complexity index is 347. The van der Waals surface area contributed by atoms with Crippen LogP contribution in [0.15, 0.2) is 24.3 Å². The molecule has 19 heavy (non-hydrogen) atoms. The highest BCUT2D eigenvalue weighted by molar-refractivity contribution is 5.23. The second-order valence-electron chi connectivity index (χ2n) is 4.66. The van der Waals surface area contributed by atoms with Gasteiger partial charge in [-0.2, -0.15) is 0 Å². The van der Waals surface area contributed by atoms with Gasteiger partial charge in [0, 0.05) is 6.54 Å². The first-order chi connectivity index (χ1) is 9.24. The number of hydrogen-bond acceptors (Lipinski definition) is 3. The Kier molecular flexibility index (Phi) is 8.18. The van der Waals surface area contributed by atoms with Crippen molar-refractivity contribution in [1.82, 2.24) is 5.32 Å².